The van der Waals surface area contributed by atoms with Gasteiger partial charge in [0.05, 0.1) is 40.2 Å². The predicted molar refractivity (Wildman–Crippen MR) is 123 cm³/mol. The fourth-order valence-corrected chi connectivity index (χ4v) is 3.65. The molecule has 0 spiro atoms. The molecule has 1 unspecified atom stereocenters. The Morgan fingerprint density at radius 2 is 1.67 bits per heavy atom. The highest BCUT2D eigenvalue weighted by atomic mass is 16.5. The fourth-order valence-electron chi connectivity index (χ4n) is 3.65. The van der Waals surface area contributed by atoms with E-state index >= 15 is 0 Å². The normalized spacial score (nSPS) is 15.0. The SMILES string of the molecule is COc1ccc(C2=NN(C(=O)CN(C)C(C)=O)C(c3ccc(OC)c(OC)c3)C2)c(OC)c1. The molecular formula is C24H29N3O6. The molecule has 1 heterocycles. The van der Waals surface area contributed by atoms with Crippen molar-refractivity contribution in [1.82, 2.24) is 9.91 Å². The summed E-state index contributed by atoms with van der Waals surface area (Å²) in [7, 11) is 7.87. The summed E-state index contributed by atoms with van der Waals surface area (Å²) >= 11 is 0. The van der Waals surface area contributed by atoms with Gasteiger partial charge in [-0.3, -0.25) is 9.59 Å². The molecular weight excluding hydrogens is 426 g/mol. The van der Waals surface area contributed by atoms with Gasteiger partial charge in [0.25, 0.3) is 5.91 Å². The number of likely N-dealkylation sites (N-methyl/N-ethyl adjacent to an activating group) is 1. The van der Waals surface area contributed by atoms with E-state index in [2.05, 4.69) is 5.10 Å². The molecule has 2 aromatic carbocycles. The van der Waals surface area contributed by atoms with Crippen LogP contribution in [0.5, 0.6) is 23.0 Å². The average Bonchev–Trinajstić information content (AvgIpc) is 3.28. The molecule has 0 N–H and O–H groups in total. The third kappa shape index (κ3) is 5.02. The Labute approximate surface area is 193 Å². The Kier molecular flexibility index (Phi) is 7.42. The Morgan fingerprint density at radius 1 is 0.970 bits per heavy atom. The van der Waals surface area contributed by atoms with Gasteiger partial charge in [-0.25, -0.2) is 5.01 Å². The third-order valence-corrected chi connectivity index (χ3v) is 5.59. The van der Waals surface area contributed by atoms with Crippen LogP contribution >= 0.6 is 0 Å². The van der Waals surface area contributed by atoms with Crippen LogP contribution in [0.3, 0.4) is 0 Å². The fraction of sp³-hybridized carbons (Fsp3) is 0.375. The number of carbonyl (C=O) groups is 2. The van der Waals surface area contributed by atoms with Crippen molar-refractivity contribution in [2.24, 2.45) is 5.10 Å². The number of methoxy groups -OCH3 is 4. The molecule has 1 atom stereocenters. The van der Waals surface area contributed by atoms with Crippen LogP contribution in [-0.4, -0.2) is 69.5 Å². The number of hydrogen-bond acceptors (Lipinski definition) is 7. The second-order valence-corrected chi connectivity index (χ2v) is 7.56. The van der Waals surface area contributed by atoms with Crippen LogP contribution in [0, 0.1) is 0 Å². The number of hydrogen-bond donors (Lipinski definition) is 0. The quantitative estimate of drug-likeness (QED) is 0.608. The van der Waals surface area contributed by atoms with Crippen LogP contribution in [0.25, 0.3) is 0 Å². The van der Waals surface area contributed by atoms with Crippen molar-refractivity contribution >= 4 is 17.5 Å². The number of nitrogens with zero attached hydrogens (tertiary/aromatic N) is 3. The van der Waals surface area contributed by atoms with Crippen molar-refractivity contribution in [3.63, 3.8) is 0 Å². The maximum Gasteiger partial charge on any atom is 0.262 e. The second kappa shape index (κ2) is 10.2. The van der Waals surface area contributed by atoms with E-state index in [1.165, 1.54) is 16.8 Å². The van der Waals surface area contributed by atoms with Gasteiger partial charge in [0.15, 0.2) is 11.5 Å². The van der Waals surface area contributed by atoms with Gasteiger partial charge < -0.3 is 23.8 Å². The van der Waals surface area contributed by atoms with Gasteiger partial charge in [0.1, 0.15) is 18.0 Å². The van der Waals surface area contributed by atoms with Crippen LogP contribution < -0.4 is 18.9 Å². The minimum Gasteiger partial charge on any atom is -0.497 e. The zero-order valence-electron chi connectivity index (χ0n) is 19.7. The Balaban J connectivity index is 2.03. The molecule has 0 radical (unpaired) electrons. The van der Waals surface area contributed by atoms with Crippen molar-refractivity contribution in [2.75, 3.05) is 42.0 Å². The second-order valence-electron chi connectivity index (χ2n) is 7.56. The molecule has 0 saturated heterocycles. The first-order valence-electron chi connectivity index (χ1n) is 10.4. The van der Waals surface area contributed by atoms with E-state index in [9.17, 15) is 9.59 Å². The van der Waals surface area contributed by atoms with Crippen molar-refractivity contribution in [3.8, 4) is 23.0 Å². The highest BCUT2D eigenvalue weighted by Crippen LogP contribution is 2.39. The van der Waals surface area contributed by atoms with E-state index in [4.69, 9.17) is 18.9 Å². The lowest BCUT2D eigenvalue weighted by Gasteiger charge is -2.25. The first kappa shape index (κ1) is 23.9. The summed E-state index contributed by atoms with van der Waals surface area (Å²) in [5.74, 6) is 1.89. The lowest BCUT2D eigenvalue weighted by atomic mass is 9.97. The zero-order chi connectivity index (χ0) is 24.1. The molecule has 0 aliphatic carbocycles. The lowest BCUT2D eigenvalue weighted by molar-refractivity contribution is -0.139. The average molecular weight is 456 g/mol. The van der Waals surface area contributed by atoms with Gasteiger partial charge in [0.2, 0.25) is 5.91 Å². The van der Waals surface area contributed by atoms with Crippen LogP contribution in [0.2, 0.25) is 0 Å². The summed E-state index contributed by atoms with van der Waals surface area (Å²) in [6, 6.07) is 10.6. The van der Waals surface area contributed by atoms with Gasteiger partial charge >= 0.3 is 0 Å². The van der Waals surface area contributed by atoms with E-state index in [0.29, 0.717) is 35.1 Å². The Hall–Kier alpha value is -3.75. The molecule has 0 saturated carbocycles. The lowest BCUT2D eigenvalue weighted by Crippen LogP contribution is -2.38. The molecule has 1 aliphatic rings. The Bertz CT molecular complexity index is 1070. The molecule has 2 amide bonds. The monoisotopic (exact) mass is 455 g/mol. The van der Waals surface area contributed by atoms with Gasteiger partial charge in [0, 0.05) is 32.0 Å². The van der Waals surface area contributed by atoms with E-state index in [1.54, 1.807) is 47.6 Å². The predicted octanol–water partition coefficient (Wildman–Crippen LogP) is 2.88. The number of ether oxygens (including phenoxy) is 4. The molecule has 9 heteroatoms. The van der Waals surface area contributed by atoms with Gasteiger partial charge in [-0.1, -0.05) is 6.07 Å². The number of benzene rings is 2. The van der Waals surface area contributed by atoms with E-state index < -0.39 is 0 Å². The first-order valence-corrected chi connectivity index (χ1v) is 10.4. The van der Waals surface area contributed by atoms with Gasteiger partial charge in [-0.15, -0.1) is 0 Å². The molecule has 2 aromatic rings. The molecule has 9 nitrogen and oxygen atoms in total. The number of carbonyl (C=O) groups excluding carboxylic acids is 2. The van der Waals surface area contributed by atoms with Crippen LogP contribution in [0.15, 0.2) is 41.5 Å². The summed E-state index contributed by atoms with van der Waals surface area (Å²) in [5, 5.41) is 6.09. The summed E-state index contributed by atoms with van der Waals surface area (Å²) in [5.41, 5.74) is 2.28. The minimum atomic E-state index is -0.389. The van der Waals surface area contributed by atoms with Gasteiger partial charge in [-0.05, 0) is 29.8 Å². The molecule has 0 bridgehead atoms. The maximum atomic E-state index is 13.2. The first-order chi connectivity index (χ1) is 15.8. The summed E-state index contributed by atoms with van der Waals surface area (Å²) in [6.07, 6.45) is 0.452. The van der Waals surface area contributed by atoms with Crippen LogP contribution in [0.4, 0.5) is 0 Å². The molecule has 176 valence electrons. The van der Waals surface area contributed by atoms with E-state index in [0.717, 1.165) is 11.1 Å². The van der Waals surface area contributed by atoms with Crippen LogP contribution in [0.1, 0.15) is 30.5 Å². The maximum absolute atomic E-state index is 13.2. The molecule has 0 aromatic heterocycles. The van der Waals surface area contributed by atoms with E-state index in [1.807, 2.05) is 24.3 Å². The summed E-state index contributed by atoms with van der Waals surface area (Å²) < 4.78 is 21.6. The standard InChI is InChI=1S/C24H29N3O6/c1-15(28)26(2)14-24(29)27-20(16-7-10-21(31-4)23(11-16)33-6)13-19(25-27)18-9-8-17(30-3)12-22(18)32-5/h7-12,20H,13-14H2,1-6H3. The minimum absolute atomic E-state index is 0.0876. The highest BCUT2D eigenvalue weighted by molar-refractivity contribution is 6.05. The number of hydrazone groups is 1. The zero-order valence-corrected chi connectivity index (χ0v) is 19.7. The third-order valence-electron chi connectivity index (χ3n) is 5.59. The van der Waals surface area contributed by atoms with Crippen molar-refractivity contribution in [2.45, 2.75) is 19.4 Å². The summed E-state index contributed by atoms with van der Waals surface area (Å²) in [6.45, 7) is 1.33. The van der Waals surface area contributed by atoms with E-state index in [-0.39, 0.29) is 24.4 Å². The molecule has 1 aliphatic heterocycles. The number of rotatable bonds is 8. The van der Waals surface area contributed by atoms with Crippen molar-refractivity contribution < 1.29 is 28.5 Å². The van der Waals surface area contributed by atoms with Crippen LogP contribution in [-0.2, 0) is 9.59 Å². The van der Waals surface area contributed by atoms with Gasteiger partial charge in [-0.2, -0.15) is 5.10 Å². The summed E-state index contributed by atoms with van der Waals surface area (Å²) in [4.78, 5) is 26.2. The van der Waals surface area contributed by atoms with Crippen molar-refractivity contribution in [1.29, 1.82) is 0 Å². The number of amides is 2. The Morgan fingerprint density at radius 3 is 2.27 bits per heavy atom. The van der Waals surface area contributed by atoms with Crippen molar-refractivity contribution in [3.05, 3.63) is 47.5 Å². The topological polar surface area (TPSA) is 89.9 Å². The largest absolute Gasteiger partial charge is 0.497 e. The smallest absolute Gasteiger partial charge is 0.262 e. The highest BCUT2D eigenvalue weighted by Gasteiger charge is 2.35. The molecule has 33 heavy (non-hydrogen) atoms. The molecule has 0 fully saturated rings. The molecule has 3 rings (SSSR count).